The minimum atomic E-state index is -1.09. The first kappa shape index (κ1) is 21.0. The molecule has 0 atom stereocenters. The zero-order valence-electron chi connectivity index (χ0n) is 16.0. The molecule has 0 saturated carbocycles. The number of carbonyl (C=O) groups is 2. The van der Waals surface area contributed by atoms with Gasteiger partial charge in [-0.2, -0.15) is 0 Å². The van der Waals surface area contributed by atoms with Crippen molar-refractivity contribution in [1.29, 1.82) is 0 Å². The number of nitrogens with zero attached hydrogens (tertiary/aromatic N) is 1. The van der Waals surface area contributed by atoms with E-state index in [9.17, 15) is 9.59 Å². The second kappa shape index (κ2) is 10.2. The van der Waals surface area contributed by atoms with Gasteiger partial charge < -0.3 is 29.0 Å². The maximum atomic E-state index is 13.1. The highest BCUT2D eigenvalue weighted by Crippen LogP contribution is 2.32. The van der Waals surface area contributed by atoms with Crippen molar-refractivity contribution in [2.75, 3.05) is 46.0 Å². The number of methoxy groups -OCH3 is 3. The van der Waals surface area contributed by atoms with Gasteiger partial charge in [0.1, 0.15) is 5.75 Å². The van der Waals surface area contributed by atoms with Gasteiger partial charge in [0, 0.05) is 31.0 Å². The molecule has 0 radical (unpaired) electrons. The molecule has 150 valence electrons. The van der Waals surface area contributed by atoms with Gasteiger partial charge in [-0.25, -0.2) is 4.79 Å². The van der Waals surface area contributed by atoms with Crippen LogP contribution in [0.25, 0.3) is 0 Å². The van der Waals surface area contributed by atoms with E-state index in [4.69, 9.17) is 24.1 Å². The second-order valence-corrected chi connectivity index (χ2v) is 5.70. The van der Waals surface area contributed by atoms with Gasteiger partial charge in [-0.05, 0) is 30.3 Å². The fourth-order valence-corrected chi connectivity index (χ4v) is 2.54. The molecule has 1 N–H and O–H groups in total. The van der Waals surface area contributed by atoms with Crippen LogP contribution in [0.3, 0.4) is 0 Å². The highest BCUT2D eigenvalue weighted by Gasteiger charge is 2.20. The van der Waals surface area contributed by atoms with Crippen LogP contribution in [0.1, 0.15) is 10.4 Å². The molecular weight excluding hydrogens is 366 g/mol. The van der Waals surface area contributed by atoms with E-state index in [1.54, 1.807) is 48.4 Å². The molecule has 8 nitrogen and oxygen atoms in total. The van der Waals surface area contributed by atoms with Crippen molar-refractivity contribution in [1.82, 2.24) is 0 Å². The fraction of sp³-hybridized carbons (Fsp3) is 0.300. The van der Waals surface area contributed by atoms with Crippen molar-refractivity contribution >= 4 is 17.6 Å². The van der Waals surface area contributed by atoms with Crippen molar-refractivity contribution in [2.45, 2.75) is 0 Å². The fourth-order valence-electron chi connectivity index (χ4n) is 2.54. The molecule has 28 heavy (non-hydrogen) atoms. The first-order valence-electron chi connectivity index (χ1n) is 8.47. The van der Waals surface area contributed by atoms with Crippen molar-refractivity contribution in [3.63, 3.8) is 0 Å². The molecule has 0 fully saturated rings. The SMILES string of the molecule is COCCN(C(=O)c1cccc(OCC(=O)O)c1)c1ccc(OC)c(OC)c1. The minimum absolute atomic E-state index is 0.287. The second-order valence-electron chi connectivity index (χ2n) is 5.70. The third-order valence-electron chi connectivity index (χ3n) is 3.89. The van der Waals surface area contributed by atoms with E-state index in [1.807, 2.05) is 0 Å². The minimum Gasteiger partial charge on any atom is -0.493 e. The van der Waals surface area contributed by atoms with Gasteiger partial charge in [0.05, 0.1) is 20.8 Å². The highest BCUT2D eigenvalue weighted by molar-refractivity contribution is 6.06. The Labute approximate surface area is 163 Å². The number of hydrogen-bond acceptors (Lipinski definition) is 6. The summed E-state index contributed by atoms with van der Waals surface area (Å²) in [5, 5.41) is 8.74. The van der Waals surface area contributed by atoms with E-state index < -0.39 is 12.6 Å². The molecule has 0 bridgehead atoms. The number of carboxylic acids is 1. The molecule has 8 heteroatoms. The van der Waals surface area contributed by atoms with Crippen LogP contribution >= 0.6 is 0 Å². The zero-order valence-corrected chi connectivity index (χ0v) is 16.0. The summed E-state index contributed by atoms with van der Waals surface area (Å²) in [6.07, 6.45) is 0. The van der Waals surface area contributed by atoms with Crippen molar-refractivity contribution in [2.24, 2.45) is 0 Å². The van der Waals surface area contributed by atoms with Crippen LogP contribution in [0.15, 0.2) is 42.5 Å². The third-order valence-corrected chi connectivity index (χ3v) is 3.89. The Bertz CT molecular complexity index is 822. The number of carbonyl (C=O) groups excluding carboxylic acids is 1. The number of aliphatic carboxylic acids is 1. The van der Waals surface area contributed by atoms with Gasteiger partial charge in [0.25, 0.3) is 5.91 Å². The van der Waals surface area contributed by atoms with Crippen molar-refractivity contribution in [3.8, 4) is 17.2 Å². The molecule has 0 spiro atoms. The molecule has 1 amide bonds. The topological polar surface area (TPSA) is 94.5 Å². The van der Waals surface area contributed by atoms with Crippen LogP contribution in [-0.2, 0) is 9.53 Å². The first-order chi connectivity index (χ1) is 13.5. The van der Waals surface area contributed by atoms with Crippen LogP contribution in [0.2, 0.25) is 0 Å². The summed E-state index contributed by atoms with van der Waals surface area (Å²) < 4.78 is 20.9. The summed E-state index contributed by atoms with van der Waals surface area (Å²) in [7, 11) is 4.61. The number of rotatable bonds is 10. The Morgan fingerprint density at radius 3 is 2.39 bits per heavy atom. The predicted molar refractivity (Wildman–Crippen MR) is 103 cm³/mol. The van der Waals surface area contributed by atoms with E-state index in [-0.39, 0.29) is 5.91 Å². The average molecular weight is 389 g/mol. The van der Waals surface area contributed by atoms with Gasteiger partial charge in [0.2, 0.25) is 0 Å². The highest BCUT2D eigenvalue weighted by atomic mass is 16.5. The number of anilines is 1. The molecule has 2 aromatic rings. The van der Waals surface area contributed by atoms with E-state index in [0.29, 0.717) is 41.7 Å². The Kier molecular flexibility index (Phi) is 7.65. The lowest BCUT2D eigenvalue weighted by Crippen LogP contribution is -2.34. The molecular formula is C20H23NO7. The summed E-state index contributed by atoms with van der Waals surface area (Å²) in [6, 6.07) is 11.5. The Morgan fingerprint density at radius 2 is 1.75 bits per heavy atom. The number of carboxylic acid groups (broad SMARTS) is 1. The smallest absolute Gasteiger partial charge is 0.341 e. The molecule has 0 saturated heterocycles. The average Bonchev–Trinajstić information content (AvgIpc) is 2.72. The van der Waals surface area contributed by atoms with E-state index in [1.165, 1.54) is 20.3 Å². The van der Waals surface area contributed by atoms with E-state index in [0.717, 1.165) is 0 Å². The van der Waals surface area contributed by atoms with Crippen LogP contribution in [-0.4, -0.2) is 58.1 Å². The monoisotopic (exact) mass is 389 g/mol. The van der Waals surface area contributed by atoms with Gasteiger partial charge in [-0.15, -0.1) is 0 Å². The Hall–Kier alpha value is -3.26. The molecule has 0 aromatic heterocycles. The lowest BCUT2D eigenvalue weighted by atomic mass is 10.1. The number of ether oxygens (including phenoxy) is 4. The van der Waals surface area contributed by atoms with Crippen LogP contribution in [0, 0.1) is 0 Å². The number of amides is 1. The van der Waals surface area contributed by atoms with Gasteiger partial charge in [-0.3, -0.25) is 4.79 Å². The Balaban J connectivity index is 2.33. The molecule has 0 heterocycles. The van der Waals surface area contributed by atoms with Crippen molar-refractivity contribution in [3.05, 3.63) is 48.0 Å². The summed E-state index contributed by atoms with van der Waals surface area (Å²) in [5.74, 6) is -0.0377. The maximum Gasteiger partial charge on any atom is 0.341 e. The summed E-state index contributed by atoms with van der Waals surface area (Å²) >= 11 is 0. The Morgan fingerprint density at radius 1 is 1.00 bits per heavy atom. The lowest BCUT2D eigenvalue weighted by Gasteiger charge is -2.24. The summed E-state index contributed by atoms with van der Waals surface area (Å²) in [6.45, 7) is 0.154. The molecule has 0 aliphatic rings. The molecule has 0 unspecified atom stereocenters. The van der Waals surface area contributed by atoms with E-state index >= 15 is 0 Å². The first-order valence-corrected chi connectivity index (χ1v) is 8.47. The molecule has 2 rings (SSSR count). The zero-order chi connectivity index (χ0) is 20.5. The van der Waals surface area contributed by atoms with Gasteiger partial charge in [0.15, 0.2) is 18.1 Å². The molecule has 0 aliphatic carbocycles. The predicted octanol–water partition coefficient (Wildman–Crippen LogP) is 2.46. The molecule has 2 aromatic carbocycles. The number of benzene rings is 2. The van der Waals surface area contributed by atoms with E-state index in [2.05, 4.69) is 0 Å². The lowest BCUT2D eigenvalue weighted by molar-refractivity contribution is -0.139. The standard InChI is InChI=1S/C20H23NO7/c1-25-10-9-21(15-7-8-17(26-2)18(12-15)27-3)20(24)14-5-4-6-16(11-14)28-13-19(22)23/h4-8,11-12H,9-10,13H2,1-3H3,(H,22,23). The third kappa shape index (κ3) is 5.37. The van der Waals surface area contributed by atoms with Crippen molar-refractivity contribution < 1.29 is 33.6 Å². The maximum absolute atomic E-state index is 13.1. The van der Waals surface area contributed by atoms with Crippen LogP contribution in [0.4, 0.5) is 5.69 Å². The van der Waals surface area contributed by atoms with Gasteiger partial charge >= 0.3 is 5.97 Å². The largest absolute Gasteiger partial charge is 0.493 e. The van der Waals surface area contributed by atoms with Crippen LogP contribution in [0.5, 0.6) is 17.2 Å². The number of hydrogen-bond donors (Lipinski definition) is 1. The molecule has 0 aliphatic heterocycles. The van der Waals surface area contributed by atoms with Crippen LogP contribution < -0.4 is 19.1 Å². The quantitative estimate of drug-likeness (QED) is 0.667. The summed E-state index contributed by atoms with van der Waals surface area (Å²) in [5.41, 5.74) is 0.963. The van der Waals surface area contributed by atoms with Gasteiger partial charge in [-0.1, -0.05) is 6.07 Å². The normalized spacial score (nSPS) is 10.2. The summed E-state index contributed by atoms with van der Waals surface area (Å²) in [4.78, 5) is 25.3.